The van der Waals surface area contributed by atoms with E-state index in [0.29, 0.717) is 6.54 Å². The summed E-state index contributed by atoms with van der Waals surface area (Å²) in [5.41, 5.74) is 4.42. The van der Waals surface area contributed by atoms with Gasteiger partial charge in [-0.2, -0.15) is 0 Å². The normalized spacial score (nSPS) is 21.0. The minimum atomic E-state index is -0.634. The zero-order chi connectivity index (χ0) is 11.0. The molecule has 0 saturated carbocycles. The maximum atomic E-state index is 11.4. The minimum Gasteiger partial charge on any atom is -0.326 e. The van der Waals surface area contributed by atoms with Crippen LogP contribution < -0.4 is 21.9 Å². The number of amides is 1. The number of H-pyrrole nitrogens is 2. The van der Waals surface area contributed by atoms with E-state index in [9.17, 15) is 14.4 Å². The first-order valence-electron chi connectivity index (χ1n) is 4.46. The third kappa shape index (κ3) is 1.82. The van der Waals surface area contributed by atoms with E-state index in [1.807, 2.05) is 4.98 Å². The number of hydrogen-bond acceptors (Lipinski definition) is 4. The summed E-state index contributed by atoms with van der Waals surface area (Å²) in [6.07, 6.45) is 0.231. The molecule has 1 aliphatic rings. The Kier molecular flexibility index (Phi) is 2.16. The number of aromatic nitrogens is 2. The summed E-state index contributed by atoms with van der Waals surface area (Å²) < 4.78 is 0. The number of hydrogen-bond donors (Lipinski definition) is 3. The number of nitrogens with zero attached hydrogens (tertiary/aromatic N) is 1. The number of anilines is 1. The van der Waals surface area contributed by atoms with Gasteiger partial charge >= 0.3 is 5.69 Å². The molecule has 0 radical (unpaired) electrons. The molecule has 1 saturated heterocycles. The summed E-state index contributed by atoms with van der Waals surface area (Å²) in [5, 5.41) is 0. The lowest BCUT2D eigenvalue weighted by Gasteiger charge is -2.14. The van der Waals surface area contributed by atoms with Crippen molar-refractivity contribution in [1.82, 2.24) is 9.97 Å². The van der Waals surface area contributed by atoms with Crippen molar-refractivity contribution >= 4 is 11.7 Å². The van der Waals surface area contributed by atoms with Gasteiger partial charge < -0.3 is 5.73 Å². The second-order valence-electron chi connectivity index (χ2n) is 3.44. The van der Waals surface area contributed by atoms with E-state index in [4.69, 9.17) is 5.73 Å². The van der Waals surface area contributed by atoms with Crippen molar-refractivity contribution in [2.45, 2.75) is 12.5 Å². The molecule has 0 aliphatic carbocycles. The van der Waals surface area contributed by atoms with E-state index in [0.717, 1.165) is 6.07 Å². The number of nitrogens with one attached hydrogen (secondary N) is 2. The molecule has 4 N–H and O–H groups in total. The topological polar surface area (TPSA) is 112 Å². The molecule has 80 valence electrons. The SMILES string of the molecule is NC1CC(=O)N(c2cc(=O)[nH]c(=O)[nH]2)C1. The highest BCUT2D eigenvalue weighted by Gasteiger charge is 2.28. The van der Waals surface area contributed by atoms with Crippen LogP contribution in [0.5, 0.6) is 0 Å². The maximum Gasteiger partial charge on any atom is 0.327 e. The highest BCUT2D eigenvalue weighted by atomic mass is 16.2. The van der Waals surface area contributed by atoms with Crippen LogP contribution in [0, 0.1) is 0 Å². The van der Waals surface area contributed by atoms with Gasteiger partial charge in [-0.05, 0) is 0 Å². The third-order valence-electron chi connectivity index (χ3n) is 2.19. The Labute approximate surface area is 83.9 Å². The first-order valence-corrected chi connectivity index (χ1v) is 4.46. The molecule has 1 unspecified atom stereocenters. The summed E-state index contributed by atoms with van der Waals surface area (Å²) in [6, 6.07) is 0.914. The van der Waals surface area contributed by atoms with Crippen LogP contribution in [0.2, 0.25) is 0 Å². The Morgan fingerprint density at radius 1 is 1.33 bits per heavy atom. The molecular weight excluding hydrogens is 200 g/mol. The summed E-state index contributed by atoms with van der Waals surface area (Å²) in [5.74, 6) is 0.00505. The van der Waals surface area contributed by atoms with Crippen molar-refractivity contribution in [3.8, 4) is 0 Å². The molecular formula is C8H10N4O3. The first-order chi connectivity index (χ1) is 7.06. The number of rotatable bonds is 1. The lowest BCUT2D eigenvalue weighted by molar-refractivity contribution is -0.117. The largest absolute Gasteiger partial charge is 0.327 e. The molecule has 0 bridgehead atoms. The molecule has 2 heterocycles. The van der Waals surface area contributed by atoms with E-state index in [2.05, 4.69) is 4.98 Å². The van der Waals surface area contributed by atoms with Crippen LogP contribution in [-0.4, -0.2) is 28.5 Å². The predicted molar refractivity (Wildman–Crippen MR) is 52.6 cm³/mol. The lowest BCUT2D eigenvalue weighted by atomic mass is 10.3. The molecule has 1 fully saturated rings. The standard InChI is InChI=1S/C8H10N4O3/c9-4-1-7(14)12(3-4)5-2-6(13)11-8(15)10-5/h2,4H,1,3,9H2,(H2,10,11,13,15). The fraction of sp³-hybridized carbons (Fsp3) is 0.375. The van der Waals surface area contributed by atoms with Gasteiger partial charge in [0.15, 0.2) is 0 Å². The third-order valence-corrected chi connectivity index (χ3v) is 2.19. The molecule has 1 atom stereocenters. The molecule has 7 nitrogen and oxygen atoms in total. The van der Waals surface area contributed by atoms with Gasteiger partial charge in [0.05, 0.1) is 0 Å². The van der Waals surface area contributed by atoms with E-state index in [-0.39, 0.29) is 24.2 Å². The van der Waals surface area contributed by atoms with Crippen LogP contribution in [0.1, 0.15) is 6.42 Å². The van der Waals surface area contributed by atoms with Crippen molar-refractivity contribution in [3.05, 3.63) is 26.9 Å². The fourth-order valence-electron chi connectivity index (χ4n) is 1.57. The van der Waals surface area contributed by atoms with Gasteiger partial charge in [0.1, 0.15) is 5.82 Å². The molecule has 0 aromatic carbocycles. The Bertz CT molecular complexity index is 475. The highest BCUT2D eigenvalue weighted by molar-refractivity contribution is 5.95. The van der Waals surface area contributed by atoms with E-state index in [1.165, 1.54) is 4.90 Å². The number of carbonyl (C=O) groups excluding carboxylic acids is 1. The first kappa shape index (κ1) is 9.66. The van der Waals surface area contributed by atoms with Crippen molar-refractivity contribution in [2.75, 3.05) is 11.4 Å². The average Bonchev–Trinajstić information content (AvgIpc) is 2.43. The average molecular weight is 210 g/mol. The molecule has 0 spiro atoms. The second kappa shape index (κ2) is 3.35. The van der Waals surface area contributed by atoms with Gasteiger partial charge in [0.25, 0.3) is 5.56 Å². The Morgan fingerprint density at radius 2 is 2.07 bits per heavy atom. The molecule has 1 amide bonds. The quantitative estimate of drug-likeness (QED) is 0.504. The van der Waals surface area contributed by atoms with Gasteiger partial charge in [-0.15, -0.1) is 0 Å². The van der Waals surface area contributed by atoms with E-state index >= 15 is 0 Å². The van der Waals surface area contributed by atoms with Crippen LogP contribution in [0.4, 0.5) is 5.82 Å². The minimum absolute atomic E-state index is 0.191. The Hall–Kier alpha value is -1.89. The highest BCUT2D eigenvalue weighted by Crippen LogP contribution is 2.15. The van der Waals surface area contributed by atoms with Crippen molar-refractivity contribution in [1.29, 1.82) is 0 Å². The molecule has 7 heteroatoms. The van der Waals surface area contributed by atoms with Gasteiger partial charge in [-0.1, -0.05) is 0 Å². The maximum absolute atomic E-state index is 11.4. The monoisotopic (exact) mass is 210 g/mol. The van der Waals surface area contributed by atoms with Crippen molar-refractivity contribution in [3.63, 3.8) is 0 Å². The summed E-state index contributed by atoms with van der Waals surface area (Å²) in [4.78, 5) is 39.1. The molecule has 1 aromatic heterocycles. The zero-order valence-electron chi connectivity index (χ0n) is 7.82. The van der Waals surface area contributed by atoms with Crippen LogP contribution >= 0.6 is 0 Å². The predicted octanol–water partition coefficient (Wildman–Crippen LogP) is -1.87. The van der Waals surface area contributed by atoms with Crippen molar-refractivity contribution in [2.24, 2.45) is 5.73 Å². The molecule has 15 heavy (non-hydrogen) atoms. The van der Waals surface area contributed by atoms with E-state index < -0.39 is 11.2 Å². The second-order valence-corrected chi connectivity index (χ2v) is 3.44. The molecule has 1 aliphatic heterocycles. The summed E-state index contributed by atoms with van der Waals surface area (Å²) in [6.45, 7) is 0.318. The number of aromatic amines is 2. The van der Waals surface area contributed by atoms with Crippen LogP contribution in [0.15, 0.2) is 15.7 Å². The Morgan fingerprint density at radius 3 is 2.60 bits per heavy atom. The van der Waals surface area contributed by atoms with Crippen LogP contribution in [0.25, 0.3) is 0 Å². The van der Waals surface area contributed by atoms with Crippen LogP contribution in [0.3, 0.4) is 0 Å². The summed E-state index contributed by atoms with van der Waals surface area (Å²) in [7, 11) is 0. The zero-order valence-corrected chi connectivity index (χ0v) is 7.82. The fourth-order valence-corrected chi connectivity index (χ4v) is 1.57. The van der Waals surface area contributed by atoms with Gasteiger partial charge in [-0.25, -0.2) is 4.79 Å². The van der Waals surface area contributed by atoms with Crippen LogP contribution in [-0.2, 0) is 4.79 Å². The smallest absolute Gasteiger partial charge is 0.326 e. The van der Waals surface area contributed by atoms with Gasteiger partial charge in [0, 0.05) is 25.1 Å². The van der Waals surface area contributed by atoms with Gasteiger partial charge in [-0.3, -0.25) is 24.5 Å². The summed E-state index contributed by atoms with van der Waals surface area (Å²) >= 11 is 0. The molecule has 1 aromatic rings. The van der Waals surface area contributed by atoms with Gasteiger partial charge in [0.2, 0.25) is 5.91 Å². The Balaban J connectivity index is 2.42. The van der Waals surface area contributed by atoms with E-state index in [1.54, 1.807) is 0 Å². The molecule has 2 rings (SSSR count). The number of carbonyl (C=O) groups is 1. The van der Waals surface area contributed by atoms with Crippen molar-refractivity contribution < 1.29 is 4.79 Å². The number of nitrogens with two attached hydrogens (primary N) is 1. The lowest BCUT2D eigenvalue weighted by Crippen LogP contribution is -2.32.